The van der Waals surface area contributed by atoms with Gasteiger partial charge in [-0.3, -0.25) is 9.89 Å². The maximum absolute atomic E-state index is 12.1. The van der Waals surface area contributed by atoms with Crippen molar-refractivity contribution in [3.8, 4) is 0 Å². The summed E-state index contributed by atoms with van der Waals surface area (Å²) >= 11 is 1.89. The molecule has 1 rings (SSSR count). The van der Waals surface area contributed by atoms with Crippen molar-refractivity contribution in [1.29, 1.82) is 0 Å². The number of amides is 1. The minimum atomic E-state index is -0.435. The summed E-state index contributed by atoms with van der Waals surface area (Å²) in [5, 5.41) is 6.71. The summed E-state index contributed by atoms with van der Waals surface area (Å²) in [5.74, 6) is 2.10. The Balaban J connectivity index is 0.00000729. The number of thioether (sulfide) groups is 1. The maximum Gasteiger partial charge on any atom is 0.410 e. The molecule has 7 nitrogen and oxygen atoms in total. The second kappa shape index (κ2) is 15.4. The molecule has 28 heavy (non-hydrogen) atoms. The number of rotatable bonds is 9. The number of ether oxygens (including phenoxy) is 1. The summed E-state index contributed by atoms with van der Waals surface area (Å²) in [7, 11) is 0. The molecule has 1 aliphatic heterocycles. The minimum Gasteiger partial charge on any atom is -0.444 e. The number of nitrogens with one attached hydrogen (secondary N) is 2. The van der Waals surface area contributed by atoms with Crippen LogP contribution in [-0.4, -0.2) is 91.8 Å². The van der Waals surface area contributed by atoms with E-state index in [0.717, 1.165) is 64.7 Å². The lowest BCUT2D eigenvalue weighted by atomic mass is 10.2. The first-order valence-electron chi connectivity index (χ1n) is 10.1. The average molecular weight is 530 g/mol. The van der Waals surface area contributed by atoms with Crippen molar-refractivity contribution in [3.05, 3.63) is 0 Å². The van der Waals surface area contributed by atoms with Gasteiger partial charge in [-0.2, -0.15) is 11.8 Å². The highest BCUT2D eigenvalue weighted by atomic mass is 127. The molecule has 0 atom stereocenters. The largest absolute Gasteiger partial charge is 0.444 e. The van der Waals surface area contributed by atoms with Gasteiger partial charge in [-0.25, -0.2) is 4.79 Å². The SMILES string of the molecule is CCNC(=NCCCCSC)NCCN1CCN(C(=O)OC(C)(C)C)CC1.I. The lowest BCUT2D eigenvalue weighted by molar-refractivity contribution is 0.0147. The normalized spacial score (nSPS) is 15.8. The van der Waals surface area contributed by atoms with Crippen molar-refractivity contribution < 1.29 is 9.53 Å². The third-order valence-corrected chi connectivity index (χ3v) is 4.81. The van der Waals surface area contributed by atoms with Gasteiger partial charge in [0.25, 0.3) is 0 Å². The molecule has 1 aliphatic rings. The standard InChI is InChI=1S/C19H39N5O2S.HI/c1-6-20-17(21-9-7-8-16-27-5)22-10-11-23-12-14-24(15-13-23)18(25)26-19(2,3)4;/h6-16H2,1-5H3,(H2,20,21,22);1H. The second-order valence-corrected chi connectivity index (χ2v) is 8.68. The van der Waals surface area contributed by atoms with Gasteiger partial charge < -0.3 is 20.3 Å². The Bertz CT molecular complexity index is 452. The highest BCUT2D eigenvalue weighted by molar-refractivity contribution is 14.0. The van der Waals surface area contributed by atoms with Crippen LogP contribution in [0.15, 0.2) is 4.99 Å². The van der Waals surface area contributed by atoms with Gasteiger partial charge in [0, 0.05) is 52.4 Å². The van der Waals surface area contributed by atoms with Crippen LogP contribution in [0, 0.1) is 0 Å². The number of halogens is 1. The molecular weight excluding hydrogens is 489 g/mol. The lowest BCUT2D eigenvalue weighted by Gasteiger charge is -2.35. The monoisotopic (exact) mass is 529 g/mol. The molecular formula is C19H40IN5O2S. The van der Waals surface area contributed by atoms with Crippen molar-refractivity contribution in [2.75, 3.05) is 64.4 Å². The molecule has 0 aliphatic carbocycles. The van der Waals surface area contributed by atoms with Crippen LogP contribution >= 0.6 is 35.7 Å². The van der Waals surface area contributed by atoms with Crippen LogP contribution in [-0.2, 0) is 4.74 Å². The number of carbonyl (C=O) groups excluding carboxylic acids is 1. The van der Waals surface area contributed by atoms with Crippen LogP contribution in [0.1, 0.15) is 40.5 Å². The van der Waals surface area contributed by atoms with Gasteiger partial charge in [0.05, 0.1) is 0 Å². The topological polar surface area (TPSA) is 69.2 Å². The molecule has 9 heteroatoms. The molecule has 1 saturated heterocycles. The van der Waals surface area contributed by atoms with Gasteiger partial charge in [-0.1, -0.05) is 0 Å². The van der Waals surface area contributed by atoms with E-state index < -0.39 is 5.60 Å². The fourth-order valence-electron chi connectivity index (χ4n) is 2.70. The van der Waals surface area contributed by atoms with Gasteiger partial charge >= 0.3 is 6.09 Å². The predicted molar refractivity (Wildman–Crippen MR) is 131 cm³/mol. The van der Waals surface area contributed by atoms with Crippen molar-refractivity contribution in [3.63, 3.8) is 0 Å². The zero-order valence-electron chi connectivity index (χ0n) is 18.3. The third kappa shape index (κ3) is 12.9. The summed E-state index contributed by atoms with van der Waals surface area (Å²) in [6.45, 7) is 14.5. The van der Waals surface area contributed by atoms with Gasteiger partial charge in [0.15, 0.2) is 5.96 Å². The minimum absolute atomic E-state index is 0. The number of guanidine groups is 1. The van der Waals surface area contributed by atoms with Crippen LogP contribution in [0.5, 0.6) is 0 Å². The van der Waals surface area contributed by atoms with E-state index in [9.17, 15) is 4.79 Å². The number of hydrogen-bond acceptors (Lipinski definition) is 5. The fraction of sp³-hybridized carbons (Fsp3) is 0.895. The predicted octanol–water partition coefficient (Wildman–Crippen LogP) is 2.86. The van der Waals surface area contributed by atoms with Crippen LogP contribution in [0.3, 0.4) is 0 Å². The molecule has 0 radical (unpaired) electrons. The number of unbranched alkanes of at least 4 members (excludes halogenated alkanes) is 1. The molecule has 0 spiro atoms. The second-order valence-electron chi connectivity index (χ2n) is 7.70. The Morgan fingerprint density at radius 3 is 2.39 bits per heavy atom. The molecule has 1 amide bonds. The first kappa shape index (κ1) is 27.6. The number of carbonyl (C=O) groups is 1. The average Bonchev–Trinajstić information content (AvgIpc) is 2.60. The highest BCUT2D eigenvalue weighted by Gasteiger charge is 2.25. The van der Waals surface area contributed by atoms with E-state index in [4.69, 9.17) is 4.74 Å². The first-order valence-corrected chi connectivity index (χ1v) is 11.5. The molecule has 0 aromatic rings. The molecule has 166 valence electrons. The van der Waals surface area contributed by atoms with Crippen LogP contribution in [0.2, 0.25) is 0 Å². The summed E-state index contributed by atoms with van der Waals surface area (Å²) in [4.78, 5) is 20.9. The first-order chi connectivity index (χ1) is 12.9. The molecule has 0 aromatic heterocycles. The Kier molecular flexibility index (Phi) is 15.2. The van der Waals surface area contributed by atoms with E-state index in [1.807, 2.05) is 32.5 Å². The zero-order chi connectivity index (χ0) is 20.1. The van der Waals surface area contributed by atoms with Crippen molar-refractivity contribution in [2.24, 2.45) is 4.99 Å². The highest BCUT2D eigenvalue weighted by Crippen LogP contribution is 2.11. The molecule has 1 heterocycles. The van der Waals surface area contributed by atoms with Crippen LogP contribution in [0.25, 0.3) is 0 Å². The summed E-state index contributed by atoms with van der Waals surface area (Å²) in [5.41, 5.74) is -0.435. The number of hydrogen-bond donors (Lipinski definition) is 2. The van der Waals surface area contributed by atoms with Gasteiger partial charge in [0.1, 0.15) is 5.60 Å². The maximum atomic E-state index is 12.1. The Morgan fingerprint density at radius 2 is 1.82 bits per heavy atom. The van der Waals surface area contributed by atoms with Crippen LogP contribution < -0.4 is 10.6 Å². The number of nitrogens with zero attached hydrogens (tertiary/aromatic N) is 3. The smallest absolute Gasteiger partial charge is 0.410 e. The fourth-order valence-corrected chi connectivity index (χ4v) is 3.20. The third-order valence-electron chi connectivity index (χ3n) is 4.12. The van der Waals surface area contributed by atoms with Crippen molar-refractivity contribution >= 4 is 47.8 Å². The Morgan fingerprint density at radius 1 is 1.14 bits per heavy atom. The molecule has 0 unspecified atom stereocenters. The van der Waals surface area contributed by atoms with Crippen molar-refractivity contribution in [2.45, 2.75) is 46.1 Å². The van der Waals surface area contributed by atoms with E-state index >= 15 is 0 Å². The van der Waals surface area contributed by atoms with Gasteiger partial charge in [-0.15, -0.1) is 24.0 Å². The summed E-state index contributed by atoms with van der Waals surface area (Å²) < 4.78 is 5.44. The van der Waals surface area contributed by atoms with Crippen LogP contribution in [0.4, 0.5) is 4.79 Å². The molecule has 0 bridgehead atoms. The summed E-state index contributed by atoms with van der Waals surface area (Å²) in [6, 6.07) is 0. The number of aliphatic imine (C=N–C) groups is 1. The van der Waals surface area contributed by atoms with Crippen molar-refractivity contribution in [1.82, 2.24) is 20.4 Å². The lowest BCUT2D eigenvalue weighted by Crippen LogP contribution is -2.51. The molecule has 1 fully saturated rings. The zero-order valence-corrected chi connectivity index (χ0v) is 21.4. The molecule has 0 aromatic carbocycles. The quantitative estimate of drug-likeness (QED) is 0.207. The van der Waals surface area contributed by atoms with Gasteiger partial charge in [-0.05, 0) is 52.5 Å². The Labute approximate surface area is 192 Å². The Hall–Kier alpha value is -0.420. The molecule has 0 saturated carbocycles. The van der Waals surface area contributed by atoms with E-state index in [0.29, 0.717) is 0 Å². The van der Waals surface area contributed by atoms with E-state index in [1.165, 1.54) is 12.2 Å². The van der Waals surface area contributed by atoms with E-state index in [2.05, 4.69) is 33.7 Å². The summed E-state index contributed by atoms with van der Waals surface area (Å²) in [6.07, 6.45) is 4.28. The molecule has 2 N–H and O–H groups in total. The van der Waals surface area contributed by atoms with E-state index in [-0.39, 0.29) is 30.1 Å². The van der Waals surface area contributed by atoms with E-state index in [1.54, 1.807) is 4.90 Å². The van der Waals surface area contributed by atoms with Gasteiger partial charge in [0.2, 0.25) is 0 Å². The number of piperazine rings is 1.